The minimum atomic E-state index is 1.21. The van der Waals surface area contributed by atoms with Gasteiger partial charge in [0.2, 0.25) is 0 Å². The van der Waals surface area contributed by atoms with Crippen molar-refractivity contribution in [2.24, 2.45) is 0 Å². The second kappa shape index (κ2) is 16.0. The smallest absolute Gasteiger partial charge is 0.0348 e. The van der Waals surface area contributed by atoms with Crippen molar-refractivity contribution >= 4 is 0 Å². The van der Waals surface area contributed by atoms with Gasteiger partial charge in [-0.2, -0.15) is 0 Å². The van der Waals surface area contributed by atoms with Gasteiger partial charge in [0.1, 0.15) is 0 Å². The second-order valence-corrected chi connectivity index (χ2v) is 4.70. The minimum absolute atomic E-state index is 1.21. The molecule has 0 aliphatic carbocycles. The molecule has 0 aromatic carbocycles. The summed E-state index contributed by atoms with van der Waals surface area (Å²) in [6, 6.07) is 0. The molecular formula is C18H30. The fourth-order valence-corrected chi connectivity index (χ4v) is 1.84. The lowest BCUT2D eigenvalue weighted by Crippen LogP contribution is -1.79. The number of rotatable bonds is 12. The normalized spacial score (nSPS) is 12.1. The Morgan fingerprint density at radius 2 is 1.22 bits per heavy atom. The molecule has 0 atom stereocenters. The summed E-state index contributed by atoms with van der Waals surface area (Å²) >= 11 is 0. The Labute approximate surface area is 114 Å². The summed E-state index contributed by atoms with van der Waals surface area (Å²) in [6.45, 7) is 5.89. The summed E-state index contributed by atoms with van der Waals surface area (Å²) in [4.78, 5) is 0. The van der Waals surface area contributed by atoms with Crippen LogP contribution in [0.4, 0.5) is 0 Å². The summed E-state index contributed by atoms with van der Waals surface area (Å²) < 4.78 is 0. The van der Waals surface area contributed by atoms with Gasteiger partial charge in [0, 0.05) is 0 Å². The van der Waals surface area contributed by atoms with E-state index in [2.05, 4.69) is 31.7 Å². The van der Waals surface area contributed by atoms with Crippen LogP contribution in [0.2, 0.25) is 0 Å². The number of hydrogen-bond acceptors (Lipinski definition) is 0. The molecule has 0 aromatic rings. The minimum Gasteiger partial charge on any atom is -0.0991 e. The molecule has 18 heavy (non-hydrogen) atoms. The van der Waals surface area contributed by atoms with Crippen LogP contribution in [0.1, 0.15) is 64.7 Å². The maximum atomic E-state index is 3.62. The molecule has 0 saturated heterocycles. The van der Waals surface area contributed by atoms with Crippen molar-refractivity contribution < 1.29 is 0 Å². The van der Waals surface area contributed by atoms with E-state index in [9.17, 15) is 0 Å². The highest BCUT2D eigenvalue weighted by Crippen LogP contribution is 2.09. The lowest BCUT2D eigenvalue weighted by atomic mass is 10.1. The summed E-state index contributed by atoms with van der Waals surface area (Å²) in [6.07, 6.45) is 26.6. The molecule has 0 radical (unpaired) electrons. The van der Waals surface area contributed by atoms with E-state index in [4.69, 9.17) is 0 Å². The Morgan fingerprint density at radius 3 is 1.89 bits per heavy atom. The molecule has 0 amide bonds. The predicted octanol–water partition coefficient (Wildman–Crippen LogP) is 6.37. The topological polar surface area (TPSA) is 0 Å². The van der Waals surface area contributed by atoms with Gasteiger partial charge in [-0.25, -0.2) is 0 Å². The molecule has 0 aliphatic heterocycles. The van der Waals surface area contributed by atoms with Crippen LogP contribution in [0.15, 0.2) is 49.1 Å². The van der Waals surface area contributed by atoms with E-state index in [0.29, 0.717) is 0 Å². The summed E-state index contributed by atoms with van der Waals surface area (Å²) in [5.74, 6) is 0. The van der Waals surface area contributed by atoms with E-state index in [1.54, 1.807) is 6.08 Å². The molecule has 0 spiro atoms. The van der Waals surface area contributed by atoms with Crippen LogP contribution in [-0.4, -0.2) is 0 Å². The van der Waals surface area contributed by atoms with Crippen molar-refractivity contribution in [3.8, 4) is 0 Å². The van der Waals surface area contributed by atoms with Crippen LogP contribution >= 0.6 is 0 Å². The van der Waals surface area contributed by atoms with Gasteiger partial charge in [0.15, 0.2) is 0 Å². The first kappa shape index (κ1) is 17.0. The highest BCUT2D eigenvalue weighted by molar-refractivity contribution is 5.14. The number of unbranched alkanes of at least 4 members (excludes halogenated alkanes) is 8. The third kappa shape index (κ3) is 15.0. The van der Waals surface area contributed by atoms with Crippen LogP contribution in [-0.2, 0) is 0 Å². The Hall–Kier alpha value is -1.04. The Kier molecular flexibility index (Phi) is 15.0. The molecule has 0 saturated carbocycles. The van der Waals surface area contributed by atoms with Crippen molar-refractivity contribution in [2.75, 3.05) is 0 Å². The standard InChI is InChI=1S/C18H30/c1-3-5-7-9-11-13-15-17-18-16-14-12-10-8-6-4-2/h3,5,7,9,11,13,15H,1,4,6,8,10,12,14,16-18H2,2H3/b7-5+,11-9+,15-13+. The van der Waals surface area contributed by atoms with E-state index >= 15 is 0 Å². The first-order chi connectivity index (χ1) is 8.91. The molecule has 0 nitrogen and oxygen atoms in total. The van der Waals surface area contributed by atoms with Gasteiger partial charge in [-0.15, -0.1) is 0 Å². The maximum absolute atomic E-state index is 3.62. The van der Waals surface area contributed by atoms with Crippen LogP contribution in [0.25, 0.3) is 0 Å². The molecule has 0 bridgehead atoms. The van der Waals surface area contributed by atoms with Crippen molar-refractivity contribution in [2.45, 2.75) is 64.7 Å². The van der Waals surface area contributed by atoms with E-state index in [-0.39, 0.29) is 0 Å². The van der Waals surface area contributed by atoms with Gasteiger partial charge < -0.3 is 0 Å². The predicted molar refractivity (Wildman–Crippen MR) is 84.8 cm³/mol. The van der Waals surface area contributed by atoms with E-state index in [1.165, 1.54) is 57.8 Å². The number of allylic oxidation sites excluding steroid dienone is 7. The van der Waals surface area contributed by atoms with Crippen LogP contribution in [0.3, 0.4) is 0 Å². The average molecular weight is 246 g/mol. The van der Waals surface area contributed by atoms with Gasteiger partial charge in [-0.05, 0) is 12.8 Å². The zero-order chi connectivity index (χ0) is 13.3. The molecule has 0 heteroatoms. The van der Waals surface area contributed by atoms with Gasteiger partial charge in [-0.1, -0.05) is 101 Å². The Morgan fingerprint density at radius 1 is 0.667 bits per heavy atom. The molecule has 0 unspecified atom stereocenters. The first-order valence-electron chi connectivity index (χ1n) is 7.52. The Balaban J connectivity index is 3.19. The summed E-state index contributed by atoms with van der Waals surface area (Å²) in [7, 11) is 0. The van der Waals surface area contributed by atoms with E-state index in [1.807, 2.05) is 18.2 Å². The highest BCUT2D eigenvalue weighted by Gasteiger charge is 1.89. The SMILES string of the molecule is C=C/C=C/C=C/C=C/CCCCCCCCCC. The molecule has 0 heterocycles. The van der Waals surface area contributed by atoms with Crippen molar-refractivity contribution in [1.82, 2.24) is 0 Å². The van der Waals surface area contributed by atoms with Crippen molar-refractivity contribution in [3.63, 3.8) is 0 Å². The van der Waals surface area contributed by atoms with Crippen molar-refractivity contribution in [1.29, 1.82) is 0 Å². The number of hydrogen-bond donors (Lipinski definition) is 0. The van der Waals surface area contributed by atoms with E-state index < -0.39 is 0 Å². The second-order valence-electron chi connectivity index (χ2n) is 4.70. The quantitative estimate of drug-likeness (QED) is 0.277. The first-order valence-corrected chi connectivity index (χ1v) is 7.52. The van der Waals surface area contributed by atoms with Crippen LogP contribution < -0.4 is 0 Å². The average Bonchev–Trinajstić information content (AvgIpc) is 2.39. The fraction of sp³-hybridized carbons (Fsp3) is 0.556. The zero-order valence-corrected chi connectivity index (χ0v) is 12.1. The highest BCUT2D eigenvalue weighted by atomic mass is 14.0. The molecule has 102 valence electrons. The molecule has 0 aliphatic rings. The summed E-state index contributed by atoms with van der Waals surface area (Å²) in [5.41, 5.74) is 0. The van der Waals surface area contributed by atoms with Gasteiger partial charge in [0.05, 0.1) is 0 Å². The lowest BCUT2D eigenvalue weighted by molar-refractivity contribution is 0.577. The van der Waals surface area contributed by atoms with Gasteiger partial charge >= 0.3 is 0 Å². The third-order valence-corrected chi connectivity index (χ3v) is 2.94. The van der Waals surface area contributed by atoms with Crippen molar-refractivity contribution in [3.05, 3.63) is 49.1 Å². The van der Waals surface area contributed by atoms with Gasteiger partial charge in [-0.3, -0.25) is 0 Å². The summed E-state index contributed by atoms with van der Waals surface area (Å²) in [5, 5.41) is 0. The molecule has 0 rings (SSSR count). The zero-order valence-electron chi connectivity index (χ0n) is 12.1. The monoisotopic (exact) mass is 246 g/mol. The van der Waals surface area contributed by atoms with Crippen LogP contribution in [0, 0.1) is 0 Å². The van der Waals surface area contributed by atoms with E-state index in [0.717, 1.165) is 0 Å². The Bertz CT molecular complexity index is 243. The lowest BCUT2D eigenvalue weighted by Gasteiger charge is -1.99. The van der Waals surface area contributed by atoms with Crippen LogP contribution in [0.5, 0.6) is 0 Å². The largest absolute Gasteiger partial charge is 0.0991 e. The maximum Gasteiger partial charge on any atom is -0.0348 e. The third-order valence-electron chi connectivity index (χ3n) is 2.94. The molecule has 0 fully saturated rings. The molecule has 0 N–H and O–H groups in total. The molecular weight excluding hydrogens is 216 g/mol. The fourth-order valence-electron chi connectivity index (χ4n) is 1.84. The van der Waals surface area contributed by atoms with Gasteiger partial charge in [0.25, 0.3) is 0 Å². The molecule has 0 aromatic heterocycles.